The van der Waals surface area contributed by atoms with Crippen molar-refractivity contribution in [3.8, 4) is 5.75 Å². The third-order valence-electron chi connectivity index (χ3n) is 3.44. The van der Waals surface area contributed by atoms with Gasteiger partial charge in [-0.05, 0) is 42.7 Å². The second kappa shape index (κ2) is 4.39. The molecule has 2 aromatic carbocycles. The lowest BCUT2D eigenvalue weighted by molar-refractivity contribution is -0.126. The number of para-hydroxylation sites is 1. The number of aryl methyl sites for hydroxylation is 2. The molecule has 2 aromatic rings. The summed E-state index contributed by atoms with van der Waals surface area (Å²) in [5.41, 5.74) is 4.97. The zero-order valence-electron chi connectivity index (χ0n) is 10.9. The van der Waals surface area contributed by atoms with Crippen molar-refractivity contribution >= 4 is 17.6 Å². The summed E-state index contributed by atoms with van der Waals surface area (Å²) in [5.74, 6) is 0.363. The van der Waals surface area contributed by atoms with Gasteiger partial charge in [0.2, 0.25) is 0 Å². The number of benzene rings is 2. The Bertz CT molecular complexity index is 696. The van der Waals surface area contributed by atoms with Gasteiger partial charge in [0.15, 0.2) is 0 Å². The maximum Gasteiger partial charge on any atom is 0.344 e. The molecule has 2 nitrogen and oxygen atoms in total. The second-order valence-electron chi connectivity index (χ2n) is 4.79. The van der Waals surface area contributed by atoms with Crippen LogP contribution in [0.4, 0.5) is 0 Å². The van der Waals surface area contributed by atoms with E-state index in [-0.39, 0.29) is 5.97 Å². The Balaban J connectivity index is 2.08. The minimum Gasteiger partial charge on any atom is -0.422 e. The Morgan fingerprint density at radius 3 is 2.58 bits per heavy atom. The summed E-state index contributed by atoms with van der Waals surface area (Å²) >= 11 is 0. The third kappa shape index (κ3) is 2.06. The molecular weight excluding hydrogens is 236 g/mol. The molecule has 19 heavy (non-hydrogen) atoms. The largest absolute Gasteiger partial charge is 0.422 e. The first-order valence-electron chi connectivity index (χ1n) is 6.26. The van der Waals surface area contributed by atoms with Gasteiger partial charge in [-0.1, -0.05) is 36.4 Å². The molecule has 0 spiro atoms. The summed E-state index contributed by atoms with van der Waals surface area (Å²) in [5, 5.41) is 0. The minimum atomic E-state index is -0.278. The van der Waals surface area contributed by atoms with E-state index < -0.39 is 0 Å². The van der Waals surface area contributed by atoms with Crippen LogP contribution in [0, 0.1) is 13.8 Å². The van der Waals surface area contributed by atoms with Crippen LogP contribution in [0.15, 0.2) is 42.5 Å². The smallest absolute Gasteiger partial charge is 0.344 e. The lowest BCUT2D eigenvalue weighted by Crippen LogP contribution is -2.00. The highest BCUT2D eigenvalue weighted by Crippen LogP contribution is 2.34. The van der Waals surface area contributed by atoms with Gasteiger partial charge in [0.1, 0.15) is 5.75 Å². The average Bonchev–Trinajstić information content (AvgIpc) is 2.71. The van der Waals surface area contributed by atoms with E-state index in [0.717, 1.165) is 11.1 Å². The second-order valence-corrected chi connectivity index (χ2v) is 4.79. The van der Waals surface area contributed by atoms with Gasteiger partial charge < -0.3 is 4.74 Å². The van der Waals surface area contributed by atoms with Crippen LogP contribution in [-0.4, -0.2) is 5.97 Å². The van der Waals surface area contributed by atoms with E-state index >= 15 is 0 Å². The van der Waals surface area contributed by atoms with Gasteiger partial charge in [0.25, 0.3) is 0 Å². The Morgan fingerprint density at radius 1 is 1.00 bits per heavy atom. The van der Waals surface area contributed by atoms with Gasteiger partial charge in [-0.3, -0.25) is 0 Å². The van der Waals surface area contributed by atoms with Crippen LogP contribution < -0.4 is 4.74 Å². The van der Waals surface area contributed by atoms with Crippen LogP contribution in [0.1, 0.15) is 22.3 Å². The van der Waals surface area contributed by atoms with Crippen molar-refractivity contribution in [1.82, 2.24) is 0 Å². The van der Waals surface area contributed by atoms with Crippen molar-refractivity contribution in [3.05, 3.63) is 64.7 Å². The summed E-state index contributed by atoms with van der Waals surface area (Å²) in [6, 6.07) is 13.7. The first kappa shape index (κ1) is 11.7. The molecule has 3 rings (SSSR count). The SMILES string of the molecule is Cc1ccc(C=C2C(=O)Oc3ccccc32)cc1C. The molecule has 1 heterocycles. The third-order valence-corrected chi connectivity index (χ3v) is 3.44. The first-order chi connectivity index (χ1) is 9.15. The van der Waals surface area contributed by atoms with Crippen LogP contribution in [-0.2, 0) is 4.79 Å². The van der Waals surface area contributed by atoms with Gasteiger partial charge >= 0.3 is 5.97 Å². The molecule has 0 fully saturated rings. The van der Waals surface area contributed by atoms with E-state index in [2.05, 4.69) is 26.0 Å². The lowest BCUT2D eigenvalue weighted by Gasteiger charge is -2.02. The van der Waals surface area contributed by atoms with E-state index in [4.69, 9.17) is 4.74 Å². The number of esters is 1. The van der Waals surface area contributed by atoms with Crippen molar-refractivity contribution in [1.29, 1.82) is 0 Å². The molecule has 0 saturated carbocycles. The number of fused-ring (bicyclic) bond motifs is 1. The lowest BCUT2D eigenvalue weighted by atomic mass is 10.0. The molecule has 0 aliphatic carbocycles. The molecular formula is C17H14O2. The zero-order valence-corrected chi connectivity index (χ0v) is 10.9. The molecule has 0 aromatic heterocycles. The van der Waals surface area contributed by atoms with E-state index in [1.165, 1.54) is 11.1 Å². The fourth-order valence-corrected chi connectivity index (χ4v) is 2.20. The number of hydrogen-bond donors (Lipinski definition) is 0. The summed E-state index contributed by atoms with van der Waals surface area (Å²) in [6.07, 6.45) is 1.89. The number of carbonyl (C=O) groups excluding carboxylic acids is 1. The zero-order chi connectivity index (χ0) is 13.4. The molecule has 94 valence electrons. The van der Waals surface area contributed by atoms with Gasteiger partial charge in [0.05, 0.1) is 5.57 Å². The molecule has 0 atom stereocenters. The average molecular weight is 250 g/mol. The molecule has 2 heteroatoms. The van der Waals surface area contributed by atoms with Crippen molar-refractivity contribution in [3.63, 3.8) is 0 Å². The van der Waals surface area contributed by atoms with E-state index in [9.17, 15) is 4.79 Å². The van der Waals surface area contributed by atoms with Crippen LogP contribution in [0.3, 0.4) is 0 Å². The van der Waals surface area contributed by atoms with Crippen LogP contribution >= 0.6 is 0 Å². The molecule has 0 amide bonds. The summed E-state index contributed by atoms with van der Waals surface area (Å²) in [7, 11) is 0. The fourth-order valence-electron chi connectivity index (χ4n) is 2.20. The minimum absolute atomic E-state index is 0.278. The number of rotatable bonds is 1. The fraction of sp³-hybridized carbons (Fsp3) is 0.118. The summed E-state index contributed by atoms with van der Waals surface area (Å²) in [4.78, 5) is 11.9. The summed E-state index contributed by atoms with van der Waals surface area (Å²) < 4.78 is 5.24. The number of carbonyl (C=O) groups is 1. The molecule has 0 bridgehead atoms. The van der Waals surface area contributed by atoms with Crippen molar-refractivity contribution in [2.24, 2.45) is 0 Å². The monoisotopic (exact) mass is 250 g/mol. The topological polar surface area (TPSA) is 26.3 Å². The highest BCUT2D eigenvalue weighted by atomic mass is 16.5. The Kier molecular flexibility index (Phi) is 2.71. The normalized spacial score (nSPS) is 15.5. The van der Waals surface area contributed by atoms with Gasteiger partial charge in [-0.2, -0.15) is 0 Å². The van der Waals surface area contributed by atoms with Gasteiger partial charge in [-0.15, -0.1) is 0 Å². The highest BCUT2D eigenvalue weighted by Gasteiger charge is 2.25. The molecule has 0 unspecified atom stereocenters. The van der Waals surface area contributed by atoms with Crippen LogP contribution in [0.5, 0.6) is 5.75 Å². The number of hydrogen-bond acceptors (Lipinski definition) is 2. The number of ether oxygens (including phenoxy) is 1. The molecule has 1 aliphatic heterocycles. The van der Waals surface area contributed by atoms with Crippen LogP contribution in [0.2, 0.25) is 0 Å². The van der Waals surface area contributed by atoms with E-state index in [0.29, 0.717) is 11.3 Å². The highest BCUT2D eigenvalue weighted by molar-refractivity contribution is 6.25. The first-order valence-corrected chi connectivity index (χ1v) is 6.26. The predicted octanol–water partition coefficient (Wildman–Crippen LogP) is 3.76. The summed E-state index contributed by atoms with van der Waals surface area (Å²) in [6.45, 7) is 4.14. The predicted molar refractivity (Wildman–Crippen MR) is 75.9 cm³/mol. The van der Waals surface area contributed by atoms with Crippen LogP contribution in [0.25, 0.3) is 11.6 Å². The Labute approximate surface area is 112 Å². The quantitative estimate of drug-likeness (QED) is 0.437. The molecule has 1 aliphatic rings. The van der Waals surface area contributed by atoms with Gasteiger partial charge in [0, 0.05) is 5.56 Å². The molecule has 0 N–H and O–H groups in total. The van der Waals surface area contributed by atoms with Gasteiger partial charge in [-0.25, -0.2) is 4.79 Å². The maximum absolute atomic E-state index is 11.9. The standard InChI is InChI=1S/C17H14O2/c1-11-7-8-13(9-12(11)2)10-15-14-5-3-4-6-16(14)19-17(15)18/h3-10H,1-2H3. The van der Waals surface area contributed by atoms with Crippen molar-refractivity contribution < 1.29 is 9.53 Å². The molecule has 0 radical (unpaired) electrons. The maximum atomic E-state index is 11.9. The Morgan fingerprint density at radius 2 is 1.79 bits per heavy atom. The van der Waals surface area contributed by atoms with Crippen molar-refractivity contribution in [2.45, 2.75) is 13.8 Å². The Hall–Kier alpha value is -2.35. The molecule has 0 saturated heterocycles. The van der Waals surface area contributed by atoms with Crippen molar-refractivity contribution in [2.75, 3.05) is 0 Å². The van der Waals surface area contributed by atoms with E-state index in [1.54, 1.807) is 0 Å². The van der Waals surface area contributed by atoms with E-state index in [1.807, 2.05) is 36.4 Å².